The number of anilines is 1. The van der Waals surface area contributed by atoms with E-state index < -0.39 is 24.2 Å². The molecule has 8 nitrogen and oxygen atoms in total. The Kier molecular flexibility index (Phi) is 7.44. The molecule has 0 bridgehead atoms. The first-order valence-electron chi connectivity index (χ1n) is 8.97. The Hall–Kier alpha value is -3.60. The largest absolute Gasteiger partial charge is 0.451 e. The molecule has 0 saturated heterocycles. The number of nitrogens with one attached hydrogen (secondary N) is 1. The number of tetrazole rings is 1. The van der Waals surface area contributed by atoms with Crippen LogP contribution in [0.4, 0.5) is 14.5 Å². The smallest absolute Gasteiger partial charge is 0.357 e. The molecule has 31 heavy (non-hydrogen) atoms. The van der Waals surface area contributed by atoms with E-state index in [-0.39, 0.29) is 16.3 Å². The monoisotopic (exact) mass is 445 g/mol. The molecule has 2 aromatic carbocycles. The third-order valence-electron chi connectivity index (χ3n) is 3.88. The van der Waals surface area contributed by atoms with Crippen LogP contribution in [0.25, 0.3) is 11.8 Å². The lowest BCUT2D eigenvalue weighted by Gasteiger charge is -2.11. The van der Waals surface area contributed by atoms with Crippen molar-refractivity contribution in [2.24, 2.45) is 0 Å². The minimum absolute atomic E-state index is 0.00940. The zero-order chi connectivity index (χ0) is 22.2. The zero-order valence-electron chi connectivity index (χ0n) is 16.2. The van der Waals surface area contributed by atoms with Crippen LogP contribution in [0.1, 0.15) is 11.4 Å². The van der Waals surface area contributed by atoms with E-state index in [1.54, 1.807) is 43.3 Å². The number of rotatable bonds is 8. The van der Waals surface area contributed by atoms with Gasteiger partial charge in [-0.25, -0.2) is 4.79 Å². The number of halogens is 2. The summed E-state index contributed by atoms with van der Waals surface area (Å²) < 4.78 is 31.7. The molecule has 11 heteroatoms. The Morgan fingerprint density at radius 2 is 1.87 bits per heavy atom. The van der Waals surface area contributed by atoms with Gasteiger partial charge in [-0.15, -0.1) is 5.10 Å². The van der Waals surface area contributed by atoms with E-state index in [0.717, 1.165) is 0 Å². The van der Waals surface area contributed by atoms with E-state index >= 15 is 0 Å². The number of carbonyl (C=O) groups is 2. The highest BCUT2D eigenvalue weighted by Gasteiger charge is 2.19. The number of esters is 1. The predicted octanol–water partition coefficient (Wildman–Crippen LogP) is 3.48. The lowest BCUT2D eigenvalue weighted by Crippen LogP contribution is -2.23. The average Bonchev–Trinajstić information content (AvgIpc) is 3.17. The number of alkyl halides is 2. The Morgan fingerprint density at radius 1 is 1.16 bits per heavy atom. The van der Waals surface area contributed by atoms with Gasteiger partial charge in [-0.3, -0.25) is 4.79 Å². The fraction of sp³-hybridized carbons (Fsp3) is 0.150. The quantitative estimate of drug-likeness (QED) is 0.322. The van der Waals surface area contributed by atoms with E-state index in [4.69, 9.17) is 4.74 Å². The number of ether oxygens (including phenoxy) is 1. The molecule has 0 atom stereocenters. The van der Waals surface area contributed by atoms with Crippen molar-refractivity contribution < 1.29 is 23.1 Å². The van der Waals surface area contributed by atoms with Crippen LogP contribution in [0.3, 0.4) is 0 Å². The van der Waals surface area contributed by atoms with Crippen molar-refractivity contribution >= 4 is 41.1 Å². The van der Waals surface area contributed by atoms with Crippen LogP contribution < -0.4 is 5.32 Å². The summed E-state index contributed by atoms with van der Waals surface area (Å²) in [5, 5.41) is 13.5. The van der Waals surface area contributed by atoms with Crippen LogP contribution in [0, 0.1) is 6.92 Å². The van der Waals surface area contributed by atoms with Gasteiger partial charge in [0.2, 0.25) is 0 Å². The first-order valence-corrected chi connectivity index (χ1v) is 9.85. The minimum Gasteiger partial charge on any atom is -0.451 e. The Bertz CT molecular complexity index is 1090. The van der Waals surface area contributed by atoms with Gasteiger partial charge in [0.05, 0.1) is 5.69 Å². The van der Waals surface area contributed by atoms with Crippen LogP contribution in [0.5, 0.6) is 0 Å². The van der Waals surface area contributed by atoms with Crippen molar-refractivity contribution in [2.75, 3.05) is 11.9 Å². The van der Waals surface area contributed by atoms with Gasteiger partial charge in [-0.2, -0.15) is 13.5 Å². The van der Waals surface area contributed by atoms with Gasteiger partial charge in [0.1, 0.15) is 0 Å². The van der Waals surface area contributed by atoms with Crippen molar-refractivity contribution in [1.82, 2.24) is 20.2 Å². The van der Waals surface area contributed by atoms with Crippen molar-refractivity contribution in [1.29, 1.82) is 0 Å². The molecule has 0 spiro atoms. The summed E-state index contributed by atoms with van der Waals surface area (Å²) in [6.07, 6.45) is 1.53. The Morgan fingerprint density at radius 3 is 2.55 bits per heavy atom. The maximum absolute atomic E-state index is 12.7. The lowest BCUT2D eigenvalue weighted by atomic mass is 10.2. The Balaban J connectivity index is 1.71. The highest BCUT2D eigenvalue weighted by molar-refractivity contribution is 7.99. The zero-order valence-corrected chi connectivity index (χ0v) is 17.1. The molecular weight excluding hydrogens is 428 g/mol. The molecule has 1 amide bonds. The summed E-state index contributed by atoms with van der Waals surface area (Å²) in [7, 11) is 0. The van der Waals surface area contributed by atoms with E-state index in [1.165, 1.54) is 22.9 Å². The highest BCUT2D eigenvalue weighted by Crippen LogP contribution is 2.31. The number of para-hydroxylation sites is 1. The standard InChI is InChI=1S/C20H17F2N5O3S/c1-13-24-25-26-27(13)16(11-14-7-3-2-4-8-14)19(29)30-12-18(28)23-15-9-5-6-10-17(15)31-20(21)22/h2-11,20H,12H2,1H3,(H,23,28)/b16-11-. The number of hydrogen-bond acceptors (Lipinski definition) is 7. The van der Waals surface area contributed by atoms with Crippen molar-refractivity contribution in [2.45, 2.75) is 17.6 Å². The number of nitrogens with zero attached hydrogens (tertiary/aromatic N) is 4. The minimum atomic E-state index is -2.64. The van der Waals surface area contributed by atoms with Crippen LogP contribution >= 0.6 is 11.8 Å². The molecule has 0 aliphatic rings. The molecule has 0 radical (unpaired) electrons. The number of carbonyl (C=O) groups excluding carboxylic acids is 2. The van der Waals surface area contributed by atoms with Crippen LogP contribution in [-0.2, 0) is 14.3 Å². The van der Waals surface area contributed by atoms with Crippen molar-refractivity contribution in [3.8, 4) is 0 Å². The molecule has 0 unspecified atom stereocenters. The van der Waals surface area contributed by atoms with Crippen LogP contribution in [0.15, 0.2) is 59.5 Å². The van der Waals surface area contributed by atoms with Crippen molar-refractivity contribution in [3.05, 3.63) is 66.0 Å². The molecule has 0 fully saturated rings. The number of aryl methyl sites for hydroxylation is 1. The van der Waals surface area contributed by atoms with Gasteiger partial charge >= 0.3 is 5.97 Å². The summed E-state index contributed by atoms with van der Waals surface area (Å²) in [5.41, 5.74) is 0.909. The van der Waals surface area contributed by atoms with E-state index in [9.17, 15) is 18.4 Å². The van der Waals surface area contributed by atoms with Gasteiger partial charge in [0.25, 0.3) is 11.7 Å². The van der Waals surface area contributed by atoms with Crippen LogP contribution in [-0.4, -0.2) is 44.4 Å². The molecule has 1 heterocycles. The van der Waals surface area contributed by atoms with Gasteiger partial charge in [0, 0.05) is 4.90 Å². The third kappa shape index (κ3) is 6.19. The molecule has 3 aromatic rings. The maximum atomic E-state index is 12.7. The summed E-state index contributed by atoms with van der Waals surface area (Å²) >= 11 is 0.307. The predicted molar refractivity (Wildman–Crippen MR) is 111 cm³/mol. The van der Waals surface area contributed by atoms with E-state index in [2.05, 4.69) is 20.8 Å². The molecule has 0 aliphatic carbocycles. The molecule has 1 N–H and O–H groups in total. The second kappa shape index (κ2) is 10.4. The van der Waals surface area contributed by atoms with Crippen LogP contribution in [0.2, 0.25) is 0 Å². The van der Waals surface area contributed by atoms with Gasteiger partial charge in [-0.1, -0.05) is 54.2 Å². The summed E-state index contributed by atoms with van der Waals surface area (Å²) in [5.74, 6) is -3.80. The summed E-state index contributed by atoms with van der Waals surface area (Å²) in [4.78, 5) is 25.1. The molecule has 0 aliphatic heterocycles. The first-order chi connectivity index (χ1) is 14.9. The molecular formula is C20H17F2N5O3S. The van der Waals surface area contributed by atoms with E-state index in [1.807, 2.05) is 6.07 Å². The fourth-order valence-electron chi connectivity index (χ4n) is 2.53. The number of amides is 1. The van der Waals surface area contributed by atoms with Gasteiger partial charge < -0.3 is 10.1 Å². The second-order valence-electron chi connectivity index (χ2n) is 6.08. The average molecular weight is 445 g/mol. The first kappa shape index (κ1) is 22.1. The SMILES string of the molecule is Cc1nnnn1/C(=C\c1ccccc1)C(=O)OCC(=O)Nc1ccccc1SC(F)F. The molecule has 1 aromatic heterocycles. The van der Waals surface area contributed by atoms with E-state index in [0.29, 0.717) is 23.1 Å². The van der Waals surface area contributed by atoms with Gasteiger partial charge in [-0.05, 0) is 41.1 Å². The lowest BCUT2D eigenvalue weighted by molar-refractivity contribution is -0.141. The normalized spacial score (nSPS) is 11.4. The second-order valence-corrected chi connectivity index (χ2v) is 7.11. The van der Waals surface area contributed by atoms with Crippen molar-refractivity contribution in [3.63, 3.8) is 0 Å². The Labute approximate surface area is 180 Å². The summed E-state index contributed by atoms with van der Waals surface area (Å²) in [6, 6.07) is 15.1. The fourth-order valence-corrected chi connectivity index (χ4v) is 3.12. The number of aromatic nitrogens is 4. The number of thioether (sulfide) groups is 1. The highest BCUT2D eigenvalue weighted by atomic mass is 32.2. The molecule has 160 valence electrons. The van der Waals surface area contributed by atoms with Gasteiger partial charge in [0.15, 0.2) is 18.1 Å². The number of hydrogen-bond donors (Lipinski definition) is 1. The number of benzene rings is 2. The third-order valence-corrected chi connectivity index (χ3v) is 4.67. The summed E-state index contributed by atoms with van der Waals surface area (Å²) in [6.45, 7) is 0.982. The molecule has 0 saturated carbocycles. The maximum Gasteiger partial charge on any atom is 0.357 e. The topological polar surface area (TPSA) is 99.0 Å². The molecule has 3 rings (SSSR count).